The summed E-state index contributed by atoms with van der Waals surface area (Å²) in [6.45, 7) is 0. The average molecular weight is 343 g/mol. The normalized spacial score (nSPS) is 11.3. The van der Waals surface area contributed by atoms with Crippen LogP contribution in [0.15, 0.2) is 78.9 Å². The Bertz CT molecular complexity index is 1140. The van der Waals surface area contributed by atoms with Crippen molar-refractivity contribution in [2.45, 2.75) is 0 Å². The van der Waals surface area contributed by atoms with Gasteiger partial charge in [-0.1, -0.05) is 66.7 Å². The molecule has 0 saturated carbocycles. The SMILES string of the molecule is c1ccc(-c2ccc3sc4nc(-c5ccccc5)sc4c3c2)cc1. The number of nitrogens with zero attached hydrogens (tertiary/aromatic N) is 1. The molecule has 0 saturated heterocycles. The van der Waals surface area contributed by atoms with Crippen LogP contribution in [0.1, 0.15) is 0 Å². The third-order valence-electron chi connectivity index (χ3n) is 4.15. The third-order valence-corrected chi connectivity index (χ3v) is 6.49. The first-order valence-electron chi connectivity index (χ1n) is 7.82. The fourth-order valence-electron chi connectivity index (χ4n) is 2.96. The maximum atomic E-state index is 4.86. The van der Waals surface area contributed by atoms with E-state index in [0.717, 1.165) is 9.84 Å². The van der Waals surface area contributed by atoms with Crippen molar-refractivity contribution in [3.8, 4) is 21.7 Å². The van der Waals surface area contributed by atoms with Gasteiger partial charge in [-0.25, -0.2) is 4.98 Å². The lowest BCUT2D eigenvalue weighted by Crippen LogP contribution is -1.75. The van der Waals surface area contributed by atoms with E-state index in [9.17, 15) is 0 Å². The highest BCUT2D eigenvalue weighted by Crippen LogP contribution is 2.41. The van der Waals surface area contributed by atoms with E-state index in [-0.39, 0.29) is 0 Å². The van der Waals surface area contributed by atoms with Crippen LogP contribution < -0.4 is 0 Å². The largest absolute Gasteiger partial charge is 0.225 e. The summed E-state index contributed by atoms with van der Waals surface area (Å²) in [5.74, 6) is 0. The molecule has 0 radical (unpaired) electrons. The molecule has 1 nitrogen and oxygen atoms in total. The summed E-state index contributed by atoms with van der Waals surface area (Å²) in [7, 11) is 0. The monoisotopic (exact) mass is 343 g/mol. The van der Waals surface area contributed by atoms with Crippen molar-refractivity contribution < 1.29 is 0 Å². The van der Waals surface area contributed by atoms with Crippen molar-refractivity contribution >= 4 is 42.3 Å². The number of thiazole rings is 1. The van der Waals surface area contributed by atoms with Crippen LogP contribution in [-0.4, -0.2) is 4.98 Å². The summed E-state index contributed by atoms with van der Waals surface area (Å²) in [4.78, 5) is 6.00. The molecule has 0 amide bonds. The number of fused-ring (bicyclic) bond motifs is 3. The van der Waals surface area contributed by atoms with Gasteiger partial charge in [-0.2, -0.15) is 0 Å². The fraction of sp³-hybridized carbons (Fsp3) is 0. The highest BCUT2D eigenvalue weighted by atomic mass is 32.1. The summed E-state index contributed by atoms with van der Waals surface area (Å²) in [6.07, 6.45) is 0. The van der Waals surface area contributed by atoms with Gasteiger partial charge in [0.1, 0.15) is 9.84 Å². The molecule has 5 rings (SSSR count). The van der Waals surface area contributed by atoms with Gasteiger partial charge in [0.25, 0.3) is 0 Å². The fourth-order valence-corrected chi connectivity index (χ4v) is 5.28. The van der Waals surface area contributed by atoms with Gasteiger partial charge in [-0.15, -0.1) is 22.7 Å². The molecule has 5 aromatic rings. The average Bonchev–Trinajstić information content (AvgIpc) is 3.21. The minimum atomic E-state index is 1.10. The van der Waals surface area contributed by atoms with Gasteiger partial charge < -0.3 is 0 Å². The summed E-state index contributed by atoms with van der Waals surface area (Å²) in [6, 6.07) is 27.7. The molecule has 0 N–H and O–H groups in total. The third kappa shape index (κ3) is 2.25. The standard InChI is InChI=1S/C21H13NS2/c1-3-7-14(8-4-1)16-11-12-18-17(13-16)19-21(23-18)22-20(24-19)15-9-5-2-6-10-15/h1-13H. The van der Waals surface area contributed by atoms with Gasteiger partial charge in [0.05, 0.1) is 4.70 Å². The first kappa shape index (κ1) is 13.9. The Kier molecular flexibility index (Phi) is 3.21. The van der Waals surface area contributed by atoms with E-state index in [4.69, 9.17) is 4.98 Å². The molecule has 0 fully saturated rings. The predicted molar refractivity (Wildman–Crippen MR) is 106 cm³/mol. The maximum Gasteiger partial charge on any atom is 0.136 e. The number of benzene rings is 3. The molecule has 3 aromatic carbocycles. The van der Waals surface area contributed by atoms with E-state index in [1.807, 2.05) is 6.07 Å². The van der Waals surface area contributed by atoms with Crippen molar-refractivity contribution in [3.63, 3.8) is 0 Å². The second-order valence-electron chi connectivity index (χ2n) is 5.70. The zero-order valence-corrected chi connectivity index (χ0v) is 14.4. The van der Waals surface area contributed by atoms with E-state index < -0.39 is 0 Å². The van der Waals surface area contributed by atoms with Gasteiger partial charge in [0, 0.05) is 15.6 Å². The van der Waals surface area contributed by atoms with Crippen LogP contribution in [0, 0.1) is 0 Å². The van der Waals surface area contributed by atoms with Gasteiger partial charge in [-0.05, 0) is 23.3 Å². The molecule has 0 aliphatic rings. The summed E-state index contributed by atoms with van der Waals surface area (Å²) in [5.41, 5.74) is 3.71. The van der Waals surface area contributed by atoms with Crippen LogP contribution in [0.25, 0.3) is 41.3 Å². The molecule has 0 aliphatic carbocycles. The van der Waals surface area contributed by atoms with Crippen molar-refractivity contribution in [2.24, 2.45) is 0 Å². The van der Waals surface area contributed by atoms with Gasteiger partial charge >= 0.3 is 0 Å². The van der Waals surface area contributed by atoms with Crippen LogP contribution in [-0.2, 0) is 0 Å². The molecular weight excluding hydrogens is 330 g/mol. The number of rotatable bonds is 2. The van der Waals surface area contributed by atoms with Crippen molar-refractivity contribution in [3.05, 3.63) is 78.9 Å². The van der Waals surface area contributed by atoms with Crippen molar-refractivity contribution in [1.29, 1.82) is 0 Å². The summed E-state index contributed by atoms with van der Waals surface area (Å²) >= 11 is 3.57. The summed E-state index contributed by atoms with van der Waals surface area (Å²) < 4.78 is 2.61. The number of aromatic nitrogens is 1. The smallest absolute Gasteiger partial charge is 0.136 e. The molecule has 3 heteroatoms. The van der Waals surface area contributed by atoms with E-state index in [1.54, 1.807) is 22.7 Å². The highest BCUT2D eigenvalue weighted by molar-refractivity contribution is 7.33. The van der Waals surface area contributed by atoms with E-state index in [0.29, 0.717) is 0 Å². The Morgan fingerprint density at radius 2 is 1.33 bits per heavy atom. The molecule has 0 spiro atoms. The van der Waals surface area contributed by atoms with Crippen LogP contribution >= 0.6 is 22.7 Å². The molecule has 24 heavy (non-hydrogen) atoms. The van der Waals surface area contributed by atoms with Crippen LogP contribution in [0.3, 0.4) is 0 Å². The van der Waals surface area contributed by atoms with Crippen molar-refractivity contribution in [2.75, 3.05) is 0 Å². The Morgan fingerprint density at radius 3 is 2.08 bits per heavy atom. The number of hydrogen-bond acceptors (Lipinski definition) is 3. The maximum absolute atomic E-state index is 4.86. The molecule has 0 aliphatic heterocycles. The molecule has 0 unspecified atom stereocenters. The Balaban J connectivity index is 1.70. The van der Waals surface area contributed by atoms with Crippen LogP contribution in [0.2, 0.25) is 0 Å². The molecule has 0 bridgehead atoms. The first-order chi connectivity index (χ1) is 11.9. The Morgan fingerprint density at radius 1 is 0.625 bits per heavy atom. The molecule has 0 atom stereocenters. The second-order valence-corrected chi connectivity index (χ2v) is 7.73. The van der Waals surface area contributed by atoms with Crippen LogP contribution in [0.4, 0.5) is 0 Å². The number of hydrogen-bond donors (Lipinski definition) is 0. The molecular formula is C21H13NS2. The lowest BCUT2D eigenvalue weighted by molar-refractivity contribution is 1.50. The van der Waals surface area contributed by atoms with E-state index >= 15 is 0 Å². The van der Waals surface area contributed by atoms with Gasteiger partial charge in [0.15, 0.2) is 0 Å². The zero-order valence-electron chi connectivity index (χ0n) is 12.8. The molecule has 114 valence electrons. The Labute approximate surface area is 147 Å². The first-order valence-corrected chi connectivity index (χ1v) is 9.46. The zero-order chi connectivity index (χ0) is 15.9. The molecule has 2 heterocycles. The Hall–Kier alpha value is -2.49. The number of thiophene rings is 1. The predicted octanol–water partition coefficient (Wildman–Crippen LogP) is 6.85. The van der Waals surface area contributed by atoms with Gasteiger partial charge in [0.2, 0.25) is 0 Å². The molecule has 2 aromatic heterocycles. The highest BCUT2D eigenvalue weighted by Gasteiger charge is 2.13. The topological polar surface area (TPSA) is 12.9 Å². The van der Waals surface area contributed by atoms with E-state index in [2.05, 4.69) is 72.8 Å². The van der Waals surface area contributed by atoms with Crippen LogP contribution in [0.5, 0.6) is 0 Å². The summed E-state index contributed by atoms with van der Waals surface area (Å²) in [5, 5.41) is 2.42. The lowest BCUT2D eigenvalue weighted by Gasteiger charge is -2.01. The quantitative estimate of drug-likeness (QED) is 0.342. The minimum absolute atomic E-state index is 1.10. The lowest BCUT2D eigenvalue weighted by atomic mass is 10.0. The van der Waals surface area contributed by atoms with E-state index in [1.165, 1.54) is 31.5 Å². The second kappa shape index (κ2) is 5.55. The van der Waals surface area contributed by atoms with Crippen molar-refractivity contribution in [1.82, 2.24) is 4.98 Å². The minimum Gasteiger partial charge on any atom is -0.225 e. The van der Waals surface area contributed by atoms with Gasteiger partial charge in [-0.3, -0.25) is 0 Å².